The van der Waals surface area contributed by atoms with E-state index < -0.39 is 0 Å². The lowest BCUT2D eigenvalue weighted by molar-refractivity contribution is 0.104. The molecule has 0 aliphatic rings. The Hall–Kier alpha value is -4.85. The van der Waals surface area contributed by atoms with Crippen LogP contribution in [-0.2, 0) is 0 Å². The topological polar surface area (TPSA) is 91.0 Å². The smallest absolute Gasteiger partial charge is 0.203 e. The number of fused-ring (bicyclic) bond motifs is 1. The fourth-order valence-corrected chi connectivity index (χ4v) is 4.18. The Morgan fingerprint density at radius 1 is 0.789 bits per heavy atom. The molecule has 0 unspecified atom stereocenters. The van der Waals surface area contributed by atoms with Gasteiger partial charge in [0.1, 0.15) is 0 Å². The SMILES string of the molecule is COc1cc(/C=C\c2ccc(OC)c(OC)c2N/C=C\C(=O)c2c[nH]c3ccccc23)cc(OC)c1OC. The first kappa shape index (κ1) is 26.2. The van der Waals surface area contributed by atoms with E-state index in [1.165, 1.54) is 6.08 Å². The number of para-hydroxylation sites is 1. The molecule has 4 aromatic rings. The van der Waals surface area contributed by atoms with Crippen molar-refractivity contribution in [1.29, 1.82) is 0 Å². The summed E-state index contributed by atoms with van der Waals surface area (Å²) < 4.78 is 27.5. The lowest BCUT2D eigenvalue weighted by Gasteiger charge is -2.15. The molecule has 1 aromatic heterocycles. The molecular weight excluding hydrogens is 484 g/mol. The molecule has 4 rings (SSSR count). The Bertz CT molecular complexity index is 1480. The minimum atomic E-state index is -0.133. The number of allylic oxidation sites excluding steroid dienone is 1. The lowest BCUT2D eigenvalue weighted by atomic mass is 10.1. The quantitative estimate of drug-likeness (QED) is 0.140. The zero-order valence-corrected chi connectivity index (χ0v) is 22.0. The second kappa shape index (κ2) is 11.9. The monoisotopic (exact) mass is 514 g/mol. The number of carbonyl (C=O) groups excluding carboxylic acids is 1. The zero-order valence-electron chi connectivity index (χ0n) is 22.0. The van der Waals surface area contributed by atoms with Crippen molar-refractivity contribution < 1.29 is 28.5 Å². The second-order valence-corrected chi connectivity index (χ2v) is 8.15. The highest BCUT2D eigenvalue weighted by molar-refractivity contribution is 6.13. The van der Waals surface area contributed by atoms with Crippen LogP contribution in [0.3, 0.4) is 0 Å². The van der Waals surface area contributed by atoms with Gasteiger partial charge in [-0.3, -0.25) is 4.79 Å². The molecule has 1 heterocycles. The zero-order chi connectivity index (χ0) is 27.1. The second-order valence-electron chi connectivity index (χ2n) is 8.15. The van der Waals surface area contributed by atoms with Gasteiger partial charge in [0.15, 0.2) is 28.8 Å². The minimum Gasteiger partial charge on any atom is -0.493 e. The predicted octanol–water partition coefficient (Wildman–Crippen LogP) is 6.19. The first-order valence-corrected chi connectivity index (χ1v) is 11.8. The molecule has 8 nitrogen and oxygen atoms in total. The van der Waals surface area contributed by atoms with Gasteiger partial charge in [0, 0.05) is 40.5 Å². The van der Waals surface area contributed by atoms with Gasteiger partial charge in [0.25, 0.3) is 0 Å². The molecule has 38 heavy (non-hydrogen) atoms. The Morgan fingerprint density at radius 3 is 2.13 bits per heavy atom. The number of anilines is 1. The van der Waals surface area contributed by atoms with Crippen LogP contribution in [0.25, 0.3) is 23.1 Å². The van der Waals surface area contributed by atoms with Crippen molar-refractivity contribution in [3.8, 4) is 28.7 Å². The van der Waals surface area contributed by atoms with Gasteiger partial charge < -0.3 is 34.0 Å². The normalized spacial score (nSPS) is 11.2. The van der Waals surface area contributed by atoms with Gasteiger partial charge in [0.2, 0.25) is 5.75 Å². The number of aromatic nitrogens is 1. The van der Waals surface area contributed by atoms with E-state index >= 15 is 0 Å². The summed E-state index contributed by atoms with van der Waals surface area (Å²) in [6.45, 7) is 0. The number of ketones is 1. The molecule has 2 N–H and O–H groups in total. The molecule has 0 saturated heterocycles. The molecular formula is C30H30N2O6. The van der Waals surface area contributed by atoms with E-state index in [0.29, 0.717) is 40.0 Å². The van der Waals surface area contributed by atoms with E-state index in [9.17, 15) is 4.79 Å². The van der Waals surface area contributed by atoms with Crippen molar-refractivity contribution in [3.05, 3.63) is 83.7 Å². The van der Waals surface area contributed by atoms with Crippen LogP contribution in [0.15, 0.2) is 67.0 Å². The summed E-state index contributed by atoms with van der Waals surface area (Å²) in [5.41, 5.74) is 3.79. The molecule has 0 aliphatic heterocycles. The summed E-state index contributed by atoms with van der Waals surface area (Å²) in [6.07, 6.45) is 8.63. The summed E-state index contributed by atoms with van der Waals surface area (Å²) >= 11 is 0. The standard InChI is InChI=1S/C30H30N2O6/c1-34-25-13-12-20(11-10-19-16-26(35-2)29(37-4)27(17-19)36-3)28(30(25)38-5)31-15-14-24(33)22-18-32-23-9-7-6-8-21(22)23/h6-18,31-32H,1-5H3/b11-10-,15-14-. The average Bonchev–Trinajstić information content (AvgIpc) is 3.39. The van der Waals surface area contributed by atoms with E-state index in [0.717, 1.165) is 22.0 Å². The highest BCUT2D eigenvalue weighted by Crippen LogP contribution is 2.41. The van der Waals surface area contributed by atoms with Crippen molar-refractivity contribution >= 4 is 34.5 Å². The molecule has 0 fully saturated rings. The summed E-state index contributed by atoms with van der Waals surface area (Å²) in [6, 6.07) is 15.1. The van der Waals surface area contributed by atoms with E-state index in [1.54, 1.807) is 47.9 Å². The predicted molar refractivity (Wildman–Crippen MR) is 150 cm³/mol. The lowest BCUT2D eigenvalue weighted by Crippen LogP contribution is -2.00. The van der Waals surface area contributed by atoms with Crippen LogP contribution in [0.1, 0.15) is 21.5 Å². The molecule has 8 heteroatoms. The molecule has 3 aromatic carbocycles. The van der Waals surface area contributed by atoms with Crippen molar-refractivity contribution in [2.75, 3.05) is 40.9 Å². The van der Waals surface area contributed by atoms with E-state index in [-0.39, 0.29) is 5.78 Å². The summed E-state index contributed by atoms with van der Waals surface area (Å²) in [5.74, 6) is 2.55. The average molecular weight is 515 g/mol. The van der Waals surface area contributed by atoms with Gasteiger partial charge in [-0.1, -0.05) is 30.4 Å². The third-order valence-electron chi connectivity index (χ3n) is 6.04. The van der Waals surface area contributed by atoms with Gasteiger partial charge in [0.05, 0.1) is 41.2 Å². The van der Waals surface area contributed by atoms with Crippen LogP contribution >= 0.6 is 0 Å². The van der Waals surface area contributed by atoms with Crippen LogP contribution < -0.4 is 29.0 Å². The fraction of sp³-hybridized carbons (Fsp3) is 0.167. The fourth-order valence-electron chi connectivity index (χ4n) is 4.18. The Balaban J connectivity index is 1.66. The third kappa shape index (κ3) is 5.29. The number of rotatable bonds is 11. The molecule has 0 amide bonds. The number of carbonyl (C=O) groups is 1. The maximum atomic E-state index is 12.9. The van der Waals surface area contributed by atoms with Crippen LogP contribution in [0.5, 0.6) is 28.7 Å². The number of hydrogen-bond donors (Lipinski definition) is 2. The molecule has 0 saturated carbocycles. The number of ether oxygens (including phenoxy) is 5. The number of hydrogen-bond acceptors (Lipinski definition) is 7. The van der Waals surface area contributed by atoms with Crippen LogP contribution in [-0.4, -0.2) is 46.3 Å². The summed E-state index contributed by atoms with van der Waals surface area (Å²) in [4.78, 5) is 16.0. The summed E-state index contributed by atoms with van der Waals surface area (Å²) in [7, 11) is 7.85. The van der Waals surface area contributed by atoms with Gasteiger partial charge in [-0.05, 0) is 35.9 Å². The Morgan fingerprint density at radius 2 is 1.47 bits per heavy atom. The number of benzene rings is 3. The van der Waals surface area contributed by atoms with Crippen molar-refractivity contribution in [3.63, 3.8) is 0 Å². The summed E-state index contributed by atoms with van der Waals surface area (Å²) in [5, 5.41) is 4.08. The van der Waals surface area contributed by atoms with E-state index in [4.69, 9.17) is 23.7 Å². The first-order chi connectivity index (χ1) is 18.5. The number of methoxy groups -OCH3 is 5. The first-order valence-electron chi connectivity index (χ1n) is 11.8. The van der Waals surface area contributed by atoms with Crippen LogP contribution in [0, 0.1) is 0 Å². The maximum absolute atomic E-state index is 12.9. The third-order valence-corrected chi connectivity index (χ3v) is 6.04. The van der Waals surface area contributed by atoms with Crippen LogP contribution in [0.4, 0.5) is 5.69 Å². The van der Waals surface area contributed by atoms with Crippen molar-refractivity contribution in [2.45, 2.75) is 0 Å². The van der Waals surface area contributed by atoms with Gasteiger partial charge in [-0.25, -0.2) is 0 Å². The largest absolute Gasteiger partial charge is 0.493 e. The van der Waals surface area contributed by atoms with E-state index in [1.807, 2.05) is 60.7 Å². The van der Waals surface area contributed by atoms with E-state index in [2.05, 4.69) is 10.3 Å². The number of aromatic amines is 1. The molecule has 0 aliphatic carbocycles. The van der Waals surface area contributed by atoms with Gasteiger partial charge in [-0.2, -0.15) is 0 Å². The molecule has 0 bridgehead atoms. The molecule has 0 atom stereocenters. The highest BCUT2D eigenvalue weighted by atomic mass is 16.5. The number of nitrogens with one attached hydrogen (secondary N) is 2. The van der Waals surface area contributed by atoms with Crippen molar-refractivity contribution in [2.24, 2.45) is 0 Å². The number of H-pyrrole nitrogens is 1. The maximum Gasteiger partial charge on any atom is 0.203 e. The van der Waals surface area contributed by atoms with Gasteiger partial charge in [-0.15, -0.1) is 0 Å². The molecule has 0 radical (unpaired) electrons. The van der Waals surface area contributed by atoms with Crippen molar-refractivity contribution in [1.82, 2.24) is 4.98 Å². The Labute approximate surface area is 221 Å². The van der Waals surface area contributed by atoms with Gasteiger partial charge >= 0.3 is 0 Å². The molecule has 0 spiro atoms. The minimum absolute atomic E-state index is 0.133. The Kier molecular flexibility index (Phi) is 8.23. The highest BCUT2D eigenvalue weighted by Gasteiger charge is 2.15. The molecule has 196 valence electrons. The van der Waals surface area contributed by atoms with Crippen LogP contribution in [0.2, 0.25) is 0 Å².